The van der Waals surface area contributed by atoms with Crippen LogP contribution >= 0.6 is 11.8 Å². The SMILES string of the molecule is CCSc1nc2ccccc2c(=O)n1-c1ccncc1. The van der Waals surface area contributed by atoms with E-state index in [0.29, 0.717) is 10.5 Å². The van der Waals surface area contributed by atoms with Gasteiger partial charge in [-0.2, -0.15) is 0 Å². The van der Waals surface area contributed by atoms with E-state index in [4.69, 9.17) is 0 Å². The van der Waals surface area contributed by atoms with E-state index in [1.54, 1.807) is 28.7 Å². The molecule has 0 aliphatic heterocycles. The van der Waals surface area contributed by atoms with Crippen molar-refractivity contribution in [2.75, 3.05) is 5.75 Å². The number of rotatable bonds is 3. The molecule has 5 heteroatoms. The van der Waals surface area contributed by atoms with E-state index >= 15 is 0 Å². The van der Waals surface area contributed by atoms with Crippen molar-refractivity contribution < 1.29 is 0 Å². The van der Waals surface area contributed by atoms with Crippen LogP contribution in [-0.4, -0.2) is 20.3 Å². The van der Waals surface area contributed by atoms with Crippen molar-refractivity contribution in [3.63, 3.8) is 0 Å². The van der Waals surface area contributed by atoms with Crippen molar-refractivity contribution in [3.8, 4) is 5.69 Å². The summed E-state index contributed by atoms with van der Waals surface area (Å²) in [5.74, 6) is 0.857. The van der Waals surface area contributed by atoms with Crippen LogP contribution in [0.25, 0.3) is 16.6 Å². The second-order valence-corrected chi connectivity index (χ2v) is 5.42. The zero-order chi connectivity index (χ0) is 13.9. The molecule has 100 valence electrons. The quantitative estimate of drug-likeness (QED) is 0.548. The molecule has 3 rings (SSSR count). The van der Waals surface area contributed by atoms with Gasteiger partial charge >= 0.3 is 0 Å². The number of hydrogen-bond donors (Lipinski definition) is 0. The van der Waals surface area contributed by atoms with Crippen LogP contribution in [0.3, 0.4) is 0 Å². The fourth-order valence-corrected chi connectivity index (χ4v) is 2.80. The van der Waals surface area contributed by atoms with Gasteiger partial charge in [0, 0.05) is 12.4 Å². The van der Waals surface area contributed by atoms with Crippen LogP contribution in [0, 0.1) is 0 Å². The molecule has 0 atom stereocenters. The third kappa shape index (κ3) is 2.20. The summed E-state index contributed by atoms with van der Waals surface area (Å²) in [7, 11) is 0. The Kier molecular flexibility index (Phi) is 3.52. The van der Waals surface area contributed by atoms with Gasteiger partial charge < -0.3 is 0 Å². The first-order valence-electron chi connectivity index (χ1n) is 6.36. The third-order valence-electron chi connectivity index (χ3n) is 2.94. The largest absolute Gasteiger partial charge is 0.268 e. The van der Waals surface area contributed by atoms with Crippen LogP contribution in [0.2, 0.25) is 0 Å². The summed E-state index contributed by atoms with van der Waals surface area (Å²) in [6, 6.07) is 11.1. The highest BCUT2D eigenvalue weighted by molar-refractivity contribution is 7.99. The van der Waals surface area contributed by atoms with Crippen molar-refractivity contribution in [2.45, 2.75) is 12.1 Å². The van der Waals surface area contributed by atoms with Crippen LogP contribution in [-0.2, 0) is 0 Å². The third-order valence-corrected chi connectivity index (χ3v) is 3.76. The lowest BCUT2D eigenvalue weighted by Gasteiger charge is -2.12. The van der Waals surface area contributed by atoms with Gasteiger partial charge in [-0.15, -0.1) is 0 Å². The van der Waals surface area contributed by atoms with E-state index in [0.717, 1.165) is 17.0 Å². The van der Waals surface area contributed by atoms with E-state index in [2.05, 4.69) is 9.97 Å². The van der Waals surface area contributed by atoms with Crippen molar-refractivity contribution in [1.29, 1.82) is 0 Å². The summed E-state index contributed by atoms with van der Waals surface area (Å²) in [4.78, 5) is 21.3. The smallest absolute Gasteiger partial charge is 0.266 e. The van der Waals surface area contributed by atoms with Crippen molar-refractivity contribution in [1.82, 2.24) is 14.5 Å². The number of hydrogen-bond acceptors (Lipinski definition) is 4. The zero-order valence-electron chi connectivity index (χ0n) is 11.0. The Balaban J connectivity index is 2.36. The molecule has 0 amide bonds. The number of nitrogens with zero attached hydrogens (tertiary/aromatic N) is 3. The van der Waals surface area contributed by atoms with E-state index in [9.17, 15) is 4.79 Å². The standard InChI is InChI=1S/C15H13N3OS/c1-2-20-15-17-13-6-4-3-5-12(13)14(19)18(15)11-7-9-16-10-8-11/h3-10H,2H2,1H3. The highest BCUT2D eigenvalue weighted by atomic mass is 32.2. The molecular weight excluding hydrogens is 270 g/mol. The van der Waals surface area contributed by atoms with Gasteiger partial charge in [-0.3, -0.25) is 14.3 Å². The average molecular weight is 283 g/mol. The molecule has 0 N–H and O–H groups in total. The fraction of sp³-hybridized carbons (Fsp3) is 0.133. The molecule has 0 radical (unpaired) electrons. The Morgan fingerprint density at radius 1 is 1.15 bits per heavy atom. The van der Waals surface area contributed by atoms with Gasteiger partial charge in [0.25, 0.3) is 5.56 Å². The number of thioether (sulfide) groups is 1. The predicted octanol–water partition coefficient (Wildman–Crippen LogP) is 2.89. The average Bonchev–Trinajstić information content (AvgIpc) is 2.49. The van der Waals surface area contributed by atoms with Crippen LogP contribution in [0.15, 0.2) is 58.7 Å². The lowest BCUT2D eigenvalue weighted by Crippen LogP contribution is -2.21. The first kappa shape index (κ1) is 12.9. The van der Waals surface area contributed by atoms with Gasteiger partial charge in [0.2, 0.25) is 0 Å². The first-order chi connectivity index (χ1) is 9.81. The molecule has 0 saturated heterocycles. The summed E-state index contributed by atoms with van der Waals surface area (Å²) in [5.41, 5.74) is 1.48. The molecule has 2 aromatic heterocycles. The second kappa shape index (κ2) is 5.46. The lowest BCUT2D eigenvalue weighted by molar-refractivity contribution is 0.818. The monoisotopic (exact) mass is 283 g/mol. The molecule has 4 nitrogen and oxygen atoms in total. The highest BCUT2D eigenvalue weighted by Crippen LogP contribution is 2.20. The molecule has 0 aliphatic rings. The maximum absolute atomic E-state index is 12.7. The number of para-hydroxylation sites is 1. The summed E-state index contributed by atoms with van der Waals surface area (Å²) in [6.07, 6.45) is 3.36. The Labute approximate surface area is 120 Å². The van der Waals surface area contributed by atoms with E-state index in [1.165, 1.54) is 0 Å². The highest BCUT2D eigenvalue weighted by Gasteiger charge is 2.12. The molecule has 0 fully saturated rings. The minimum atomic E-state index is -0.0437. The molecule has 1 aromatic carbocycles. The predicted molar refractivity (Wildman–Crippen MR) is 81.5 cm³/mol. The van der Waals surface area contributed by atoms with Crippen molar-refractivity contribution in [2.24, 2.45) is 0 Å². The van der Waals surface area contributed by atoms with E-state index < -0.39 is 0 Å². The van der Waals surface area contributed by atoms with Crippen LogP contribution in [0.1, 0.15) is 6.92 Å². The Morgan fingerprint density at radius 2 is 1.90 bits per heavy atom. The first-order valence-corrected chi connectivity index (χ1v) is 7.35. The minimum Gasteiger partial charge on any atom is -0.268 e. The Morgan fingerprint density at radius 3 is 2.65 bits per heavy atom. The maximum atomic E-state index is 12.7. The fourth-order valence-electron chi connectivity index (χ4n) is 2.06. The molecular formula is C15H13N3OS. The topological polar surface area (TPSA) is 47.8 Å². The molecule has 3 aromatic rings. The molecule has 2 heterocycles. The normalized spacial score (nSPS) is 10.8. The number of pyridine rings is 1. The lowest BCUT2D eigenvalue weighted by atomic mass is 10.2. The summed E-state index contributed by atoms with van der Waals surface area (Å²) >= 11 is 1.56. The maximum Gasteiger partial charge on any atom is 0.266 e. The van der Waals surface area contributed by atoms with E-state index in [-0.39, 0.29) is 5.56 Å². The molecule has 0 unspecified atom stereocenters. The Hall–Kier alpha value is -2.14. The molecule has 20 heavy (non-hydrogen) atoms. The van der Waals surface area contributed by atoms with Crippen molar-refractivity contribution in [3.05, 3.63) is 59.1 Å². The van der Waals surface area contributed by atoms with Crippen LogP contribution in [0.5, 0.6) is 0 Å². The van der Waals surface area contributed by atoms with Crippen LogP contribution in [0.4, 0.5) is 0 Å². The van der Waals surface area contributed by atoms with Crippen molar-refractivity contribution >= 4 is 22.7 Å². The number of benzene rings is 1. The number of fused-ring (bicyclic) bond motifs is 1. The van der Waals surface area contributed by atoms with Gasteiger partial charge in [-0.05, 0) is 30.0 Å². The summed E-state index contributed by atoms with van der Waals surface area (Å²) < 4.78 is 1.65. The van der Waals surface area contributed by atoms with Gasteiger partial charge in [-0.1, -0.05) is 30.8 Å². The summed E-state index contributed by atoms with van der Waals surface area (Å²) in [6.45, 7) is 2.04. The molecule has 0 saturated carbocycles. The minimum absolute atomic E-state index is 0.0437. The number of aromatic nitrogens is 3. The zero-order valence-corrected chi connectivity index (χ0v) is 11.8. The second-order valence-electron chi connectivity index (χ2n) is 4.19. The van der Waals surface area contributed by atoms with Gasteiger partial charge in [0.15, 0.2) is 5.16 Å². The Bertz CT molecular complexity index is 799. The van der Waals surface area contributed by atoms with Gasteiger partial charge in [-0.25, -0.2) is 4.98 Å². The molecule has 0 spiro atoms. The van der Waals surface area contributed by atoms with Gasteiger partial charge in [0.1, 0.15) is 0 Å². The van der Waals surface area contributed by atoms with E-state index in [1.807, 2.05) is 43.3 Å². The van der Waals surface area contributed by atoms with Crippen LogP contribution < -0.4 is 5.56 Å². The summed E-state index contributed by atoms with van der Waals surface area (Å²) in [5, 5.41) is 1.34. The molecule has 0 aliphatic carbocycles. The molecule has 0 bridgehead atoms. The van der Waals surface area contributed by atoms with Gasteiger partial charge in [0.05, 0.1) is 16.6 Å².